The van der Waals surface area contributed by atoms with Gasteiger partial charge in [0.15, 0.2) is 5.78 Å². The van der Waals surface area contributed by atoms with Crippen LogP contribution in [0.1, 0.15) is 27.0 Å². The van der Waals surface area contributed by atoms with Crippen molar-refractivity contribution in [3.05, 3.63) is 67.5 Å². The average Bonchev–Trinajstić information content (AvgIpc) is 2.38. The number of Topliss-reactive ketones (excluding diaryl/α,β-unsaturated/α-hetero) is 1. The van der Waals surface area contributed by atoms with E-state index in [2.05, 4.69) is 15.9 Å². The first-order valence-corrected chi connectivity index (χ1v) is 7.15. The van der Waals surface area contributed by atoms with Gasteiger partial charge in [0.25, 0.3) is 5.56 Å². The molecule has 0 radical (unpaired) electrons. The van der Waals surface area contributed by atoms with Crippen LogP contribution in [0.15, 0.2) is 39.7 Å². The number of nitrogens with zero attached hydrogens (tertiary/aromatic N) is 1. The molecule has 1 aromatic carbocycles. The number of aromatic nitrogens is 1. The molecule has 0 amide bonds. The molecule has 0 bridgehead atoms. The van der Waals surface area contributed by atoms with Gasteiger partial charge in [-0.1, -0.05) is 6.07 Å². The second-order valence-electron chi connectivity index (χ2n) is 4.99. The Kier molecular flexibility index (Phi) is 4.23. The third-order valence-corrected chi connectivity index (χ3v) is 3.87. The summed E-state index contributed by atoms with van der Waals surface area (Å²) in [5.74, 6) is -0.0502. The lowest BCUT2D eigenvalue weighted by atomic mass is 9.98. The molecule has 0 saturated heterocycles. The predicted molar refractivity (Wildman–Crippen MR) is 83.4 cm³/mol. The standard InChI is InChI=1S/C16H16BrNO2/c1-10-6-12(3)14(7-11(10)2)15(19)9-18-8-13(17)4-5-16(18)20/h4-8H,9H2,1-3H3. The Labute approximate surface area is 126 Å². The van der Waals surface area contributed by atoms with Crippen molar-refractivity contribution in [1.82, 2.24) is 4.57 Å². The van der Waals surface area contributed by atoms with Crippen LogP contribution < -0.4 is 5.56 Å². The van der Waals surface area contributed by atoms with E-state index < -0.39 is 0 Å². The highest BCUT2D eigenvalue weighted by atomic mass is 79.9. The maximum atomic E-state index is 12.4. The largest absolute Gasteiger partial charge is 0.307 e. The highest BCUT2D eigenvalue weighted by molar-refractivity contribution is 9.10. The summed E-state index contributed by atoms with van der Waals surface area (Å²) in [7, 11) is 0. The van der Waals surface area contributed by atoms with Gasteiger partial charge in [0.2, 0.25) is 0 Å². The van der Waals surface area contributed by atoms with Crippen molar-refractivity contribution >= 4 is 21.7 Å². The van der Waals surface area contributed by atoms with Crippen LogP contribution in [0.25, 0.3) is 0 Å². The van der Waals surface area contributed by atoms with Gasteiger partial charge in [0.1, 0.15) is 0 Å². The van der Waals surface area contributed by atoms with E-state index in [0.29, 0.717) is 5.56 Å². The summed E-state index contributed by atoms with van der Waals surface area (Å²) in [6.07, 6.45) is 1.64. The lowest BCUT2D eigenvalue weighted by Crippen LogP contribution is -2.23. The second-order valence-corrected chi connectivity index (χ2v) is 5.90. The van der Waals surface area contributed by atoms with Crippen LogP contribution in [0.4, 0.5) is 0 Å². The monoisotopic (exact) mass is 333 g/mol. The molecule has 0 saturated carbocycles. The van der Waals surface area contributed by atoms with Gasteiger partial charge < -0.3 is 4.57 Å². The number of pyridine rings is 1. The maximum Gasteiger partial charge on any atom is 0.251 e. The molecule has 0 N–H and O–H groups in total. The van der Waals surface area contributed by atoms with E-state index in [1.165, 1.54) is 16.2 Å². The molecule has 0 aliphatic carbocycles. The van der Waals surface area contributed by atoms with Crippen LogP contribution >= 0.6 is 15.9 Å². The first kappa shape index (κ1) is 14.7. The Morgan fingerprint density at radius 3 is 2.45 bits per heavy atom. The zero-order valence-electron chi connectivity index (χ0n) is 11.7. The summed E-state index contributed by atoms with van der Waals surface area (Å²) in [6.45, 7) is 5.98. The Hall–Kier alpha value is -1.68. The molecule has 1 heterocycles. The molecule has 2 rings (SSSR count). The summed E-state index contributed by atoms with van der Waals surface area (Å²) in [5, 5.41) is 0. The van der Waals surface area contributed by atoms with Crippen LogP contribution in [0.5, 0.6) is 0 Å². The number of halogens is 1. The number of carbonyl (C=O) groups excluding carboxylic acids is 1. The zero-order chi connectivity index (χ0) is 14.9. The molecule has 0 fully saturated rings. The lowest BCUT2D eigenvalue weighted by Gasteiger charge is -2.10. The fourth-order valence-corrected chi connectivity index (χ4v) is 2.51. The molecule has 20 heavy (non-hydrogen) atoms. The molecule has 0 spiro atoms. The summed E-state index contributed by atoms with van der Waals surface area (Å²) >= 11 is 3.31. The molecule has 4 heteroatoms. The first-order valence-electron chi connectivity index (χ1n) is 6.35. The summed E-state index contributed by atoms with van der Waals surface area (Å²) < 4.78 is 2.20. The van der Waals surface area contributed by atoms with Crippen LogP contribution in [0.2, 0.25) is 0 Å². The Bertz CT molecular complexity index is 732. The van der Waals surface area contributed by atoms with Crippen molar-refractivity contribution in [2.24, 2.45) is 0 Å². The number of carbonyl (C=O) groups is 1. The van der Waals surface area contributed by atoms with Gasteiger partial charge in [0, 0.05) is 22.3 Å². The lowest BCUT2D eigenvalue weighted by molar-refractivity contribution is 0.0970. The number of rotatable bonds is 3. The minimum atomic E-state index is -0.178. The second kappa shape index (κ2) is 5.75. The van der Waals surface area contributed by atoms with E-state index in [0.717, 1.165) is 15.6 Å². The van der Waals surface area contributed by atoms with Crippen LogP contribution in [-0.2, 0) is 6.54 Å². The quantitative estimate of drug-likeness (QED) is 0.807. The smallest absolute Gasteiger partial charge is 0.251 e. The molecule has 0 aliphatic heterocycles. The molecule has 1 aromatic heterocycles. The third-order valence-electron chi connectivity index (χ3n) is 3.40. The number of aryl methyl sites for hydroxylation is 3. The van der Waals surface area contributed by atoms with Gasteiger partial charge in [-0.05, 0) is 65.5 Å². The van der Waals surface area contributed by atoms with Crippen molar-refractivity contribution in [1.29, 1.82) is 0 Å². The molecular weight excluding hydrogens is 318 g/mol. The fraction of sp³-hybridized carbons (Fsp3) is 0.250. The Morgan fingerprint density at radius 1 is 1.10 bits per heavy atom. The van der Waals surface area contributed by atoms with Crippen LogP contribution in [0.3, 0.4) is 0 Å². The minimum Gasteiger partial charge on any atom is -0.307 e. The fourth-order valence-electron chi connectivity index (χ4n) is 2.13. The zero-order valence-corrected chi connectivity index (χ0v) is 13.3. The van der Waals surface area contributed by atoms with Gasteiger partial charge in [-0.3, -0.25) is 9.59 Å². The molecule has 2 aromatic rings. The SMILES string of the molecule is Cc1cc(C)c(C(=O)Cn2cc(Br)ccc2=O)cc1C. The highest BCUT2D eigenvalue weighted by Crippen LogP contribution is 2.16. The first-order chi connectivity index (χ1) is 9.38. The molecule has 0 unspecified atom stereocenters. The van der Waals surface area contributed by atoms with Gasteiger partial charge in [-0.2, -0.15) is 0 Å². The Morgan fingerprint density at radius 2 is 1.75 bits per heavy atom. The van der Waals surface area contributed by atoms with E-state index >= 15 is 0 Å². The molecule has 104 valence electrons. The highest BCUT2D eigenvalue weighted by Gasteiger charge is 2.12. The number of hydrogen-bond donors (Lipinski definition) is 0. The average molecular weight is 334 g/mol. The third kappa shape index (κ3) is 3.07. The molecule has 0 atom stereocenters. The summed E-state index contributed by atoms with van der Waals surface area (Å²) in [5.41, 5.74) is 3.70. The van der Waals surface area contributed by atoms with Gasteiger partial charge in [-0.25, -0.2) is 0 Å². The number of hydrogen-bond acceptors (Lipinski definition) is 2. The summed E-state index contributed by atoms with van der Waals surface area (Å²) in [4.78, 5) is 24.1. The molecule has 3 nitrogen and oxygen atoms in total. The number of ketones is 1. The maximum absolute atomic E-state index is 12.4. The van der Waals surface area contributed by atoms with E-state index in [-0.39, 0.29) is 17.9 Å². The molecule has 0 aliphatic rings. The Balaban J connectivity index is 2.35. The summed E-state index contributed by atoms with van der Waals surface area (Å²) in [6, 6.07) is 7.03. The van der Waals surface area contributed by atoms with Crippen molar-refractivity contribution in [3.63, 3.8) is 0 Å². The minimum absolute atomic E-state index is 0.0502. The van der Waals surface area contributed by atoms with Crippen molar-refractivity contribution in [2.45, 2.75) is 27.3 Å². The van der Waals surface area contributed by atoms with Crippen LogP contribution in [-0.4, -0.2) is 10.4 Å². The topological polar surface area (TPSA) is 39.1 Å². The van der Waals surface area contributed by atoms with Crippen molar-refractivity contribution < 1.29 is 4.79 Å². The van der Waals surface area contributed by atoms with Crippen molar-refractivity contribution in [2.75, 3.05) is 0 Å². The van der Waals surface area contributed by atoms with Gasteiger partial charge in [-0.15, -0.1) is 0 Å². The normalized spacial score (nSPS) is 10.6. The van der Waals surface area contributed by atoms with E-state index in [9.17, 15) is 9.59 Å². The van der Waals surface area contributed by atoms with Gasteiger partial charge >= 0.3 is 0 Å². The van der Waals surface area contributed by atoms with Gasteiger partial charge in [0.05, 0.1) is 6.54 Å². The van der Waals surface area contributed by atoms with E-state index in [1.807, 2.05) is 32.9 Å². The number of benzene rings is 1. The van der Waals surface area contributed by atoms with E-state index in [4.69, 9.17) is 0 Å². The predicted octanol–water partition coefficient (Wildman–Crippen LogP) is 3.42. The van der Waals surface area contributed by atoms with Crippen molar-refractivity contribution in [3.8, 4) is 0 Å². The molecular formula is C16H16BrNO2. The van der Waals surface area contributed by atoms with E-state index in [1.54, 1.807) is 12.3 Å². The van der Waals surface area contributed by atoms with Crippen LogP contribution in [0, 0.1) is 20.8 Å².